The molecule has 44 heavy (non-hydrogen) atoms. The zero-order valence-corrected chi connectivity index (χ0v) is 25.0. The number of anilines is 3. The molecule has 0 saturated carbocycles. The van der Waals surface area contributed by atoms with E-state index in [1.54, 1.807) is 37.3 Å². The summed E-state index contributed by atoms with van der Waals surface area (Å²) in [6.07, 6.45) is 0. The average molecular weight is 597 g/mol. The summed E-state index contributed by atoms with van der Waals surface area (Å²) < 4.78 is 16.8. The van der Waals surface area contributed by atoms with E-state index in [1.807, 2.05) is 50.2 Å². The van der Waals surface area contributed by atoms with Crippen molar-refractivity contribution in [2.24, 2.45) is 0 Å². The number of carbonyl (C=O) groups is 2. The SMILES string of the molecule is COc1ccccc1NCc1c(-c2ccc(OC(=O)c3ccccc3[N+](=O)[O-])cc2OC)ccc2c1N(C)C(=O)C(C)(C)N2. The van der Waals surface area contributed by atoms with E-state index >= 15 is 0 Å². The lowest BCUT2D eigenvalue weighted by Crippen LogP contribution is -2.52. The van der Waals surface area contributed by atoms with Crippen LogP contribution in [0.4, 0.5) is 22.7 Å². The quantitative estimate of drug-likeness (QED) is 0.0992. The summed E-state index contributed by atoms with van der Waals surface area (Å²) in [7, 11) is 4.85. The predicted molar refractivity (Wildman–Crippen MR) is 168 cm³/mol. The zero-order valence-electron chi connectivity index (χ0n) is 25.0. The largest absolute Gasteiger partial charge is 0.496 e. The van der Waals surface area contributed by atoms with Gasteiger partial charge in [0.15, 0.2) is 0 Å². The number of hydrogen-bond acceptors (Lipinski definition) is 9. The number of ether oxygens (including phenoxy) is 3. The molecule has 4 aromatic carbocycles. The summed E-state index contributed by atoms with van der Waals surface area (Å²) in [6.45, 7) is 4.00. The Labute approximate surface area is 254 Å². The number of nitro groups is 1. The number of fused-ring (bicyclic) bond motifs is 1. The van der Waals surface area contributed by atoms with Crippen molar-refractivity contribution in [2.45, 2.75) is 25.9 Å². The molecular formula is C33H32N4O7. The lowest BCUT2D eigenvalue weighted by atomic mass is 9.91. The van der Waals surface area contributed by atoms with Crippen molar-refractivity contribution in [1.82, 2.24) is 0 Å². The summed E-state index contributed by atoms with van der Waals surface area (Å²) >= 11 is 0. The van der Waals surface area contributed by atoms with Crippen molar-refractivity contribution in [2.75, 3.05) is 36.8 Å². The molecule has 11 heteroatoms. The van der Waals surface area contributed by atoms with Crippen LogP contribution in [0, 0.1) is 10.1 Å². The van der Waals surface area contributed by atoms with Crippen LogP contribution < -0.4 is 29.7 Å². The van der Waals surface area contributed by atoms with E-state index in [0.717, 1.165) is 22.5 Å². The molecule has 1 heterocycles. The third-order valence-electron chi connectivity index (χ3n) is 7.46. The summed E-state index contributed by atoms with van der Waals surface area (Å²) in [4.78, 5) is 38.7. The van der Waals surface area contributed by atoms with Gasteiger partial charge in [0.05, 0.1) is 36.2 Å². The molecule has 4 aromatic rings. The minimum Gasteiger partial charge on any atom is -0.496 e. The van der Waals surface area contributed by atoms with Gasteiger partial charge in [-0.05, 0) is 55.8 Å². The molecule has 0 saturated heterocycles. The van der Waals surface area contributed by atoms with Gasteiger partial charge in [-0.3, -0.25) is 14.9 Å². The Bertz CT molecular complexity index is 1770. The standard InChI is InChI=1S/C33H32N4O7/c1-33(2)32(39)36(3)30-24(19-34-25-11-7-9-13-28(25)42-4)21(16-17-26(30)35-33)22-15-14-20(18-29(22)43-5)44-31(38)23-10-6-8-12-27(23)37(40)41/h6-18,34-35H,19H2,1-5H3. The first-order valence-corrected chi connectivity index (χ1v) is 13.8. The van der Waals surface area contributed by atoms with Gasteiger partial charge in [0, 0.05) is 36.9 Å². The third kappa shape index (κ3) is 5.59. The van der Waals surface area contributed by atoms with Gasteiger partial charge >= 0.3 is 5.97 Å². The molecule has 1 aliphatic heterocycles. The highest BCUT2D eigenvalue weighted by molar-refractivity contribution is 6.09. The smallest absolute Gasteiger partial charge is 0.350 e. The number of likely N-dealkylation sites (N-methyl/N-ethyl adjacent to an activating group) is 1. The number of rotatable bonds is 9. The summed E-state index contributed by atoms with van der Waals surface area (Å²) in [5.74, 6) is 0.261. The molecule has 0 fully saturated rings. The minimum absolute atomic E-state index is 0.0927. The molecule has 0 radical (unpaired) electrons. The molecule has 1 amide bonds. The second-order valence-corrected chi connectivity index (χ2v) is 10.7. The van der Waals surface area contributed by atoms with Gasteiger partial charge < -0.3 is 29.7 Å². The number of amides is 1. The number of benzene rings is 4. The van der Waals surface area contributed by atoms with Gasteiger partial charge in [-0.1, -0.05) is 30.3 Å². The van der Waals surface area contributed by atoms with E-state index in [9.17, 15) is 19.7 Å². The molecule has 1 aliphatic rings. The van der Waals surface area contributed by atoms with E-state index in [1.165, 1.54) is 31.4 Å². The fourth-order valence-corrected chi connectivity index (χ4v) is 5.36. The van der Waals surface area contributed by atoms with E-state index < -0.39 is 16.4 Å². The van der Waals surface area contributed by atoms with E-state index in [2.05, 4.69) is 10.6 Å². The van der Waals surface area contributed by atoms with Crippen LogP contribution in [0.5, 0.6) is 17.2 Å². The Morgan fingerprint density at radius 1 is 0.955 bits per heavy atom. The first-order valence-electron chi connectivity index (χ1n) is 13.8. The lowest BCUT2D eigenvalue weighted by Gasteiger charge is -2.40. The maximum atomic E-state index is 13.3. The van der Waals surface area contributed by atoms with Gasteiger partial charge in [0.25, 0.3) is 11.6 Å². The van der Waals surface area contributed by atoms with Gasteiger partial charge in [-0.2, -0.15) is 0 Å². The van der Waals surface area contributed by atoms with Crippen molar-refractivity contribution in [3.05, 3.63) is 100 Å². The van der Waals surface area contributed by atoms with Crippen LogP contribution in [0.2, 0.25) is 0 Å². The second-order valence-electron chi connectivity index (χ2n) is 10.7. The number of hydrogen-bond donors (Lipinski definition) is 2. The van der Waals surface area contributed by atoms with Crippen LogP contribution in [-0.4, -0.2) is 43.6 Å². The van der Waals surface area contributed by atoms with E-state index in [-0.39, 0.29) is 22.9 Å². The lowest BCUT2D eigenvalue weighted by molar-refractivity contribution is -0.385. The number of para-hydroxylation sites is 3. The van der Waals surface area contributed by atoms with Crippen LogP contribution in [-0.2, 0) is 11.3 Å². The number of esters is 1. The normalized spacial score (nSPS) is 13.4. The highest BCUT2D eigenvalue weighted by Gasteiger charge is 2.38. The van der Waals surface area contributed by atoms with Crippen LogP contribution in [0.15, 0.2) is 78.9 Å². The third-order valence-corrected chi connectivity index (χ3v) is 7.46. The Kier molecular flexibility index (Phi) is 8.13. The molecule has 5 rings (SSSR count). The summed E-state index contributed by atoms with van der Waals surface area (Å²) in [5.41, 5.74) is 3.25. The zero-order chi connectivity index (χ0) is 31.6. The predicted octanol–water partition coefficient (Wildman–Crippen LogP) is 6.28. The van der Waals surface area contributed by atoms with Crippen molar-refractivity contribution in [3.8, 4) is 28.4 Å². The molecule has 11 nitrogen and oxygen atoms in total. The van der Waals surface area contributed by atoms with E-state index in [0.29, 0.717) is 29.3 Å². The topological polar surface area (TPSA) is 132 Å². The first kappa shape index (κ1) is 29.9. The molecule has 226 valence electrons. The van der Waals surface area contributed by atoms with Crippen molar-refractivity contribution in [3.63, 3.8) is 0 Å². The Morgan fingerprint density at radius 3 is 2.36 bits per heavy atom. The fraction of sp³-hybridized carbons (Fsp3) is 0.212. The maximum Gasteiger partial charge on any atom is 0.350 e. The van der Waals surface area contributed by atoms with Gasteiger partial charge in [-0.15, -0.1) is 0 Å². The van der Waals surface area contributed by atoms with Crippen LogP contribution >= 0.6 is 0 Å². The molecule has 0 unspecified atom stereocenters. The fourth-order valence-electron chi connectivity index (χ4n) is 5.36. The van der Waals surface area contributed by atoms with Crippen molar-refractivity contribution >= 4 is 34.6 Å². The van der Waals surface area contributed by atoms with E-state index in [4.69, 9.17) is 14.2 Å². The number of carbonyl (C=O) groups excluding carboxylic acids is 2. The summed E-state index contributed by atoms with van der Waals surface area (Å²) in [6, 6.07) is 21.9. The molecule has 0 atom stereocenters. The first-order chi connectivity index (χ1) is 21.1. The molecule has 0 spiro atoms. The van der Waals surface area contributed by atoms with Crippen LogP contribution in [0.1, 0.15) is 29.8 Å². The van der Waals surface area contributed by atoms with Crippen molar-refractivity contribution < 1.29 is 28.7 Å². The van der Waals surface area contributed by atoms with Crippen LogP contribution in [0.3, 0.4) is 0 Å². The number of nitrogens with zero attached hydrogens (tertiary/aromatic N) is 2. The summed E-state index contributed by atoms with van der Waals surface area (Å²) in [5, 5.41) is 18.2. The van der Waals surface area contributed by atoms with Gasteiger partial charge in [-0.25, -0.2) is 4.79 Å². The van der Waals surface area contributed by atoms with Crippen LogP contribution in [0.25, 0.3) is 11.1 Å². The molecular weight excluding hydrogens is 564 g/mol. The minimum atomic E-state index is -0.864. The monoisotopic (exact) mass is 596 g/mol. The van der Waals surface area contributed by atoms with Gasteiger partial charge in [0.2, 0.25) is 0 Å². The average Bonchev–Trinajstić information content (AvgIpc) is 3.02. The number of nitro benzene ring substituents is 1. The maximum absolute atomic E-state index is 13.3. The number of nitrogens with one attached hydrogen (secondary N) is 2. The number of methoxy groups -OCH3 is 2. The molecule has 0 bridgehead atoms. The van der Waals surface area contributed by atoms with Crippen molar-refractivity contribution in [1.29, 1.82) is 0 Å². The Hall–Kier alpha value is -5.58. The molecule has 0 aliphatic carbocycles. The highest BCUT2D eigenvalue weighted by atomic mass is 16.6. The molecule has 0 aromatic heterocycles. The molecule has 2 N–H and O–H groups in total. The second kappa shape index (κ2) is 12.0. The highest BCUT2D eigenvalue weighted by Crippen LogP contribution is 2.45. The van der Waals surface area contributed by atoms with Gasteiger partial charge in [0.1, 0.15) is 28.4 Å². The Balaban J connectivity index is 1.57. The Morgan fingerprint density at radius 2 is 1.64 bits per heavy atom.